The third kappa shape index (κ3) is 2.19. The molecule has 1 saturated carbocycles. The van der Waals surface area contributed by atoms with Crippen molar-refractivity contribution < 1.29 is 0 Å². The molecule has 1 unspecified atom stereocenters. The molecule has 0 bridgehead atoms. The van der Waals surface area contributed by atoms with Gasteiger partial charge in [-0.05, 0) is 32.1 Å². The van der Waals surface area contributed by atoms with Crippen molar-refractivity contribution in [3.05, 3.63) is 12.2 Å². The van der Waals surface area contributed by atoms with Gasteiger partial charge in [-0.3, -0.25) is 0 Å². The van der Waals surface area contributed by atoms with Crippen molar-refractivity contribution in [3.63, 3.8) is 0 Å². The Bertz CT molecular complexity index is 107. The molecule has 1 rings (SSSR count). The van der Waals surface area contributed by atoms with E-state index < -0.39 is 0 Å². The average molecular weight is 125 g/mol. The van der Waals surface area contributed by atoms with Crippen molar-refractivity contribution in [3.8, 4) is 0 Å². The van der Waals surface area contributed by atoms with Crippen molar-refractivity contribution in [1.82, 2.24) is 0 Å². The molecule has 1 fully saturated rings. The van der Waals surface area contributed by atoms with E-state index in [4.69, 9.17) is 5.73 Å². The summed E-state index contributed by atoms with van der Waals surface area (Å²) in [6.07, 6.45) is 5.95. The fraction of sp³-hybridized carbons (Fsp3) is 0.750. The molecule has 9 heavy (non-hydrogen) atoms. The van der Waals surface area contributed by atoms with Crippen LogP contribution in [0, 0.1) is 0 Å². The molecule has 0 heterocycles. The fourth-order valence-electron chi connectivity index (χ4n) is 1.27. The topological polar surface area (TPSA) is 26.0 Å². The molecule has 0 amide bonds. The highest BCUT2D eigenvalue weighted by Crippen LogP contribution is 2.19. The van der Waals surface area contributed by atoms with Gasteiger partial charge in [-0.2, -0.15) is 0 Å². The zero-order chi connectivity index (χ0) is 6.69. The summed E-state index contributed by atoms with van der Waals surface area (Å²) in [6.45, 7) is 3.95. The van der Waals surface area contributed by atoms with Gasteiger partial charge in [-0.15, -0.1) is 0 Å². The van der Waals surface area contributed by atoms with Crippen LogP contribution < -0.4 is 5.73 Å². The molecular formula is C8H15N. The van der Waals surface area contributed by atoms with Crippen LogP contribution >= 0.6 is 0 Å². The Morgan fingerprint density at radius 1 is 1.33 bits per heavy atom. The van der Waals surface area contributed by atoms with E-state index in [1.54, 1.807) is 0 Å². The van der Waals surface area contributed by atoms with E-state index in [2.05, 4.69) is 6.58 Å². The standard InChI is InChI=1S/C8H15N/c1-7-3-2-4-8(9)6-5-7/h8H,1-6,9H2. The van der Waals surface area contributed by atoms with E-state index >= 15 is 0 Å². The Morgan fingerprint density at radius 3 is 2.89 bits per heavy atom. The van der Waals surface area contributed by atoms with Gasteiger partial charge in [0, 0.05) is 6.04 Å². The Hall–Kier alpha value is -0.300. The monoisotopic (exact) mass is 125 g/mol. The van der Waals surface area contributed by atoms with Gasteiger partial charge in [-0.1, -0.05) is 12.2 Å². The van der Waals surface area contributed by atoms with Crippen molar-refractivity contribution in [2.45, 2.75) is 38.1 Å². The maximum atomic E-state index is 5.76. The smallest absolute Gasteiger partial charge is 0.00419 e. The lowest BCUT2D eigenvalue weighted by Gasteiger charge is -2.03. The van der Waals surface area contributed by atoms with Crippen molar-refractivity contribution in [2.24, 2.45) is 5.73 Å². The highest BCUT2D eigenvalue weighted by molar-refractivity contribution is 4.96. The number of rotatable bonds is 0. The Morgan fingerprint density at radius 2 is 2.11 bits per heavy atom. The predicted molar refractivity (Wildman–Crippen MR) is 40.2 cm³/mol. The predicted octanol–water partition coefficient (Wildman–Crippen LogP) is 1.83. The van der Waals surface area contributed by atoms with E-state index in [1.807, 2.05) is 0 Å². The normalized spacial score (nSPS) is 29.9. The van der Waals surface area contributed by atoms with Gasteiger partial charge in [0.25, 0.3) is 0 Å². The second-order valence-electron chi connectivity index (χ2n) is 2.94. The van der Waals surface area contributed by atoms with Gasteiger partial charge in [0.15, 0.2) is 0 Å². The first-order valence-electron chi connectivity index (χ1n) is 3.71. The zero-order valence-electron chi connectivity index (χ0n) is 5.90. The molecule has 1 atom stereocenters. The molecule has 1 aliphatic rings. The largest absolute Gasteiger partial charge is 0.328 e. The van der Waals surface area contributed by atoms with Gasteiger partial charge in [0.05, 0.1) is 0 Å². The molecule has 1 aliphatic carbocycles. The number of nitrogens with two attached hydrogens (primary N) is 1. The minimum atomic E-state index is 0.448. The third-order valence-corrected chi connectivity index (χ3v) is 1.97. The van der Waals surface area contributed by atoms with E-state index in [0.29, 0.717) is 6.04 Å². The first kappa shape index (κ1) is 6.81. The average Bonchev–Trinajstić information content (AvgIpc) is 1.97. The summed E-state index contributed by atoms with van der Waals surface area (Å²) < 4.78 is 0. The van der Waals surface area contributed by atoms with Gasteiger partial charge in [0.2, 0.25) is 0 Å². The van der Waals surface area contributed by atoms with Crippen molar-refractivity contribution in [1.29, 1.82) is 0 Å². The molecule has 0 aliphatic heterocycles. The van der Waals surface area contributed by atoms with E-state index in [-0.39, 0.29) is 0 Å². The summed E-state index contributed by atoms with van der Waals surface area (Å²) in [7, 11) is 0. The summed E-state index contributed by atoms with van der Waals surface area (Å²) in [4.78, 5) is 0. The van der Waals surface area contributed by atoms with E-state index in [9.17, 15) is 0 Å². The van der Waals surface area contributed by atoms with Gasteiger partial charge in [-0.25, -0.2) is 0 Å². The SMILES string of the molecule is C=C1CCCC(N)CC1. The Kier molecular flexibility index (Phi) is 2.29. The second-order valence-corrected chi connectivity index (χ2v) is 2.94. The van der Waals surface area contributed by atoms with Crippen LogP contribution in [0.25, 0.3) is 0 Å². The second kappa shape index (κ2) is 3.02. The van der Waals surface area contributed by atoms with Crippen molar-refractivity contribution in [2.75, 3.05) is 0 Å². The molecule has 0 radical (unpaired) electrons. The van der Waals surface area contributed by atoms with Gasteiger partial charge in [0.1, 0.15) is 0 Å². The lowest BCUT2D eigenvalue weighted by Crippen LogP contribution is -2.17. The Balaban J connectivity index is 2.34. The van der Waals surface area contributed by atoms with Crippen LogP contribution in [0.15, 0.2) is 12.2 Å². The summed E-state index contributed by atoms with van der Waals surface area (Å²) in [5, 5.41) is 0. The lowest BCUT2D eigenvalue weighted by molar-refractivity contribution is 0.586. The van der Waals surface area contributed by atoms with Crippen molar-refractivity contribution >= 4 is 0 Å². The zero-order valence-corrected chi connectivity index (χ0v) is 5.90. The van der Waals surface area contributed by atoms with Crippen LogP contribution in [-0.4, -0.2) is 6.04 Å². The van der Waals surface area contributed by atoms with Crippen LogP contribution in [-0.2, 0) is 0 Å². The van der Waals surface area contributed by atoms with E-state index in [0.717, 1.165) is 12.8 Å². The maximum Gasteiger partial charge on any atom is 0.00419 e. The first-order chi connectivity index (χ1) is 4.29. The summed E-state index contributed by atoms with van der Waals surface area (Å²) in [5.41, 5.74) is 7.15. The third-order valence-electron chi connectivity index (χ3n) is 1.97. The van der Waals surface area contributed by atoms with Crippen LogP contribution in [0.3, 0.4) is 0 Å². The molecule has 0 saturated heterocycles. The van der Waals surface area contributed by atoms with E-state index in [1.165, 1.54) is 24.8 Å². The molecule has 0 spiro atoms. The first-order valence-corrected chi connectivity index (χ1v) is 3.71. The fourth-order valence-corrected chi connectivity index (χ4v) is 1.27. The molecule has 0 aromatic heterocycles. The molecule has 0 aromatic carbocycles. The van der Waals surface area contributed by atoms with Crippen LogP contribution in [0.1, 0.15) is 32.1 Å². The minimum Gasteiger partial charge on any atom is -0.328 e. The number of hydrogen-bond acceptors (Lipinski definition) is 1. The van der Waals surface area contributed by atoms with Gasteiger partial charge < -0.3 is 5.73 Å². The summed E-state index contributed by atoms with van der Waals surface area (Å²) in [6, 6.07) is 0.448. The highest BCUT2D eigenvalue weighted by atomic mass is 14.6. The summed E-state index contributed by atoms with van der Waals surface area (Å²) in [5.74, 6) is 0. The van der Waals surface area contributed by atoms with Gasteiger partial charge >= 0.3 is 0 Å². The molecule has 1 nitrogen and oxygen atoms in total. The highest BCUT2D eigenvalue weighted by Gasteiger charge is 2.08. The van der Waals surface area contributed by atoms with Crippen LogP contribution in [0.2, 0.25) is 0 Å². The quantitative estimate of drug-likeness (QED) is 0.388. The maximum absolute atomic E-state index is 5.76. The summed E-state index contributed by atoms with van der Waals surface area (Å²) >= 11 is 0. The molecule has 2 N–H and O–H groups in total. The lowest BCUT2D eigenvalue weighted by atomic mass is 10.1. The molecule has 52 valence electrons. The molecule has 1 heteroatoms. The Labute approximate surface area is 56.9 Å². The van der Waals surface area contributed by atoms with Crippen LogP contribution in [0.4, 0.5) is 0 Å². The molecule has 0 aromatic rings. The van der Waals surface area contributed by atoms with Crippen LogP contribution in [0.5, 0.6) is 0 Å². The minimum absolute atomic E-state index is 0.448. The number of allylic oxidation sites excluding steroid dienone is 1. The number of hydrogen-bond donors (Lipinski definition) is 1. The molecular weight excluding hydrogens is 110 g/mol.